The first-order valence-corrected chi connectivity index (χ1v) is 7.14. The fourth-order valence-corrected chi connectivity index (χ4v) is 2.77. The fraction of sp³-hybridized carbons (Fsp3) is 0.533. The second-order valence-electron chi connectivity index (χ2n) is 5.25. The predicted molar refractivity (Wildman–Crippen MR) is 76.4 cm³/mol. The summed E-state index contributed by atoms with van der Waals surface area (Å²) in [4.78, 5) is 24.5. The van der Waals surface area contributed by atoms with Gasteiger partial charge in [-0.3, -0.25) is 14.9 Å². The van der Waals surface area contributed by atoms with Crippen molar-refractivity contribution in [1.82, 2.24) is 4.90 Å². The topological polar surface area (TPSA) is 63.5 Å². The van der Waals surface area contributed by atoms with Gasteiger partial charge >= 0.3 is 0 Å². The van der Waals surface area contributed by atoms with Crippen LogP contribution in [0, 0.1) is 10.1 Å². The predicted octanol–water partition coefficient (Wildman–Crippen LogP) is 2.93. The lowest BCUT2D eigenvalue weighted by atomic mass is 9.99. The van der Waals surface area contributed by atoms with Crippen LogP contribution in [-0.2, 0) is 11.2 Å². The molecule has 0 N–H and O–H groups in total. The molecule has 20 heavy (non-hydrogen) atoms. The second kappa shape index (κ2) is 6.50. The molecule has 1 heterocycles. The van der Waals surface area contributed by atoms with E-state index in [-0.39, 0.29) is 11.6 Å². The maximum Gasteiger partial charge on any atom is 0.269 e. The largest absolute Gasteiger partial charge is 0.339 e. The van der Waals surface area contributed by atoms with Crippen LogP contribution in [0.2, 0.25) is 0 Å². The highest BCUT2D eigenvalue weighted by Crippen LogP contribution is 2.21. The summed E-state index contributed by atoms with van der Waals surface area (Å²) in [7, 11) is 0. The van der Waals surface area contributed by atoms with Crippen molar-refractivity contribution in [2.24, 2.45) is 0 Å². The monoisotopic (exact) mass is 276 g/mol. The number of piperidine rings is 1. The molecule has 0 spiro atoms. The molecule has 0 saturated carbocycles. The summed E-state index contributed by atoms with van der Waals surface area (Å²) >= 11 is 0. The number of carbonyl (C=O) groups is 1. The first kappa shape index (κ1) is 14.5. The van der Waals surface area contributed by atoms with E-state index in [1.165, 1.54) is 18.6 Å². The Morgan fingerprint density at radius 1 is 1.35 bits per heavy atom. The third-order valence-electron chi connectivity index (χ3n) is 3.92. The second-order valence-corrected chi connectivity index (χ2v) is 5.25. The van der Waals surface area contributed by atoms with Crippen molar-refractivity contribution in [3.63, 3.8) is 0 Å². The highest BCUT2D eigenvalue weighted by Gasteiger charge is 2.25. The molecular weight excluding hydrogens is 256 g/mol. The molecule has 5 nitrogen and oxygen atoms in total. The maximum absolute atomic E-state index is 12.3. The molecule has 1 saturated heterocycles. The highest BCUT2D eigenvalue weighted by molar-refractivity contribution is 5.79. The number of nitro benzene ring substituents is 1. The number of carbonyl (C=O) groups excluding carboxylic acids is 1. The van der Waals surface area contributed by atoms with Gasteiger partial charge in [0, 0.05) is 24.7 Å². The van der Waals surface area contributed by atoms with Crippen LogP contribution in [0.25, 0.3) is 0 Å². The van der Waals surface area contributed by atoms with Crippen molar-refractivity contribution in [3.05, 3.63) is 39.9 Å². The molecule has 1 aliphatic heterocycles. The van der Waals surface area contributed by atoms with Crippen molar-refractivity contribution >= 4 is 11.6 Å². The van der Waals surface area contributed by atoms with Crippen LogP contribution >= 0.6 is 0 Å². The molecule has 108 valence electrons. The van der Waals surface area contributed by atoms with E-state index in [9.17, 15) is 14.9 Å². The fourth-order valence-electron chi connectivity index (χ4n) is 2.77. The molecule has 1 aromatic rings. The number of nitrogens with zero attached hydrogens (tertiary/aromatic N) is 2. The number of benzene rings is 1. The lowest BCUT2D eigenvalue weighted by Crippen LogP contribution is -2.44. The van der Waals surface area contributed by atoms with E-state index in [0.717, 1.165) is 31.4 Å². The maximum atomic E-state index is 12.3. The van der Waals surface area contributed by atoms with Gasteiger partial charge in [0.2, 0.25) is 5.91 Å². The van der Waals surface area contributed by atoms with Crippen molar-refractivity contribution in [1.29, 1.82) is 0 Å². The summed E-state index contributed by atoms with van der Waals surface area (Å²) in [6.45, 7) is 2.95. The Labute approximate surface area is 118 Å². The Balaban J connectivity index is 2.01. The number of likely N-dealkylation sites (tertiary alicyclic amines) is 1. The van der Waals surface area contributed by atoms with Gasteiger partial charge in [0.15, 0.2) is 0 Å². The zero-order chi connectivity index (χ0) is 14.5. The SMILES string of the molecule is CCC1CCCCN1C(=O)Cc1ccc([N+](=O)[O-])cc1. The van der Waals surface area contributed by atoms with Crippen molar-refractivity contribution in [2.45, 2.75) is 45.1 Å². The minimum atomic E-state index is -0.427. The Kier molecular flexibility index (Phi) is 4.71. The first-order chi connectivity index (χ1) is 9.61. The van der Waals surface area contributed by atoms with Crippen LogP contribution in [0.3, 0.4) is 0 Å². The van der Waals surface area contributed by atoms with Gasteiger partial charge in [-0.05, 0) is 31.2 Å². The molecule has 0 aliphatic carbocycles. The van der Waals surface area contributed by atoms with Crippen LogP contribution in [-0.4, -0.2) is 28.3 Å². The Morgan fingerprint density at radius 2 is 2.05 bits per heavy atom. The van der Waals surface area contributed by atoms with E-state index in [1.807, 2.05) is 4.90 Å². The molecule has 1 fully saturated rings. The molecule has 0 radical (unpaired) electrons. The third kappa shape index (κ3) is 3.35. The lowest BCUT2D eigenvalue weighted by Gasteiger charge is -2.35. The van der Waals surface area contributed by atoms with Crippen LogP contribution in [0.1, 0.15) is 38.2 Å². The Bertz CT molecular complexity index is 484. The summed E-state index contributed by atoms with van der Waals surface area (Å²) in [6.07, 6.45) is 4.67. The Hall–Kier alpha value is -1.91. The van der Waals surface area contributed by atoms with E-state index < -0.39 is 4.92 Å². The molecule has 1 aromatic carbocycles. The summed E-state index contributed by atoms with van der Waals surface area (Å²) in [6, 6.07) is 6.60. The molecule has 2 rings (SSSR count). The minimum Gasteiger partial charge on any atom is -0.339 e. The van der Waals surface area contributed by atoms with Crippen LogP contribution in [0.4, 0.5) is 5.69 Å². The molecular formula is C15H20N2O3. The van der Waals surface area contributed by atoms with Gasteiger partial charge in [-0.25, -0.2) is 0 Å². The normalized spacial score (nSPS) is 18.9. The van der Waals surface area contributed by atoms with E-state index in [2.05, 4.69) is 6.92 Å². The number of amides is 1. The zero-order valence-corrected chi connectivity index (χ0v) is 11.7. The average molecular weight is 276 g/mol. The lowest BCUT2D eigenvalue weighted by molar-refractivity contribution is -0.384. The smallest absolute Gasteiger partial charge is 0.269 e. The number of hydrogen-bond acceptors (Lipinski definition) is 3. The molecule has 1 amide bonds. The summed E-state index contributed by atoms with van der Waals surface area (Å²) in [5.74, 6) is 0.130. The van der Waals surface area contributed by atoms with E-state index in [0.29, 0.717) is 12.5 Å². The van der Waals surface area contributed by atoms with Gasteiger partial charge < -0.3 is 4.90 Å². The summed E-state index contributed by atoms with van der Waals surface area (Å²) < 4.78 is 0. The number of hydrogen-bond donors (Lipinski definition) is 0. The summed E-state index contributed by atoms with van der Waals surface area (Å²) in [5, 5.41) is 10.6. The van der Waals surface area contributed by atoms with Gasteiger partial charge in [0.1, 0.15) is 0 Å². The zero-order valence-electron chi connectivity index (χ0n) is 11.7. The van der Waals surface area contributed by atoms with Crippen LogP contribution < -0.4 is 0 Å². The number of non-ortho nitro benzene ring substituents is 1. The molecule has 5 heteroatoms. The number of nitro groups is 1. The van der Waals surface area contributed by atoms with E-state index in [4.69, 9.17) is 0 Å². The first-order valence-electron chi connectivity index (χ1n) is 7.14. The van der Waals surface area contributed by atoms with Gasteiger partial charge in [0.25, 0.3) is 5.69 Å². The molecule has 0 aromatic heterocycles. The van der Waals surface area contributed by atoms with Gasteiger partial charge in [-0.2, -0.15) is 0 Å². The van der Waals surface area contributed by atoms with E-state index >= 15 is 0 Å². The average Bonchev–Trinajstić information content (AvgIpc) is 2.47. The molecule has 0 bridgehead atoms. The van der Waals surface area contributed by atoms with Crippen molar-refractivity contribution in [3.8, 4) is 0 Å². The van der Waals surface area contributed by atoms with Gasteiger partial charge in [0.05, 0.1) is 11.3 Å². The van der Waals surface area contributed by atoms with Gasteiger partial charge in [-0.1, -0.05) is 19.1 Å². The minimum absolute atomic E-state index is 0.0607. The highest BCUT2D eigenvalue weighted by atomic mass is 16.6. The Morgan fingerprint density at radius 3 is 2.65 bits per heavy atom. The number of rotatable bonds is 4. The van der Waals surface area contributed by atoms with Crippen LogP contribution in [0.15, 0.2) is 24.3 Å². The van der Waals surface area contributed by atoms with E-state index in [1.54, 1.807) is 12.1 Å². The molecule has 1 atom stereocenters. The van der Waals surface area contributed by atoms with Crippen molar-refractivity contribution in [2.75, 3.05) is 6.54 Å². The standard InChI is InChI=1S/C15H20N2O3/c1-2-13-5-3-4-10-16(13)15(18)11-12-6-8-14(9-7-12)17(19)20/h6-9,13H,2-5,10-11H2,1H3. The van der Waals surface area contributed by atoms with Gasteiger partial charge in [-0.15, -0.1) is 0 Å². The third-order valence-corrected chi connectivity index (χ3v) is 3.92. The summed E-state index contributed by atoms with van der Waals surface area (Å²) in [5.41, 5.74) is 0.895. The molecule has 1 aliphatic rings. The quantitative estimate of drug-likeness (QED) is 0.627. The molecule has 1 unspecified atom stereocenters. The van der Waals surface area contributed by atoms with Crippen LogP contribution in [0.5, 0.6) is 0 Å². The van der Waals surface area contributed by atoms with Crippen molar-refractivity contribution < 1.29 is 9.72 Å².